The van der Waals surface area contributed by atoms with Crippen LogP contribution in [0.2, 0.25) is 0 Å². The molecule has 0 aromatic heterocycles. The molecule has 2 N–H and O–H groups in total. The summed E-state index contributed by atoms with van der Waals surface area (Å²) in [6, 6.07) is 0.421. The van der Waals surface area contributed by atoms with Crippen LogP contribution in [-0.2, 0) is 4.79 Å². The van der Waals surface area contributed by atoms with Crippen LogP contribution in [0.15, 0.2) is 0 Å². The van der Waals surface area contributed by atoms with Crippen LogP contribution in [0.4, 0.5) is 0 Å². The predicted octanol–water partition coefficient (Wildman–Crippen LogP) is 0.570. The highest BCUT2D eigenvalue weighted by Gasteiger charge is 2.30. The zero-order chi connectivity index (χ0) is 7.68. The second-order valence-corrected chi connectivity index (χ2v) is 3.55. The van der Waals surface area contributed by atoms with Crippen molar-refractivity contribution in [1.82, 2.24) is 10.9 Å². The van der Waals surface area contributed by atoms with Crippen LogP contribution in [0.1, 0.15) is 32.1 Å². The van der Waals surface area contributed by atoms with E-state index in [4.69, 9.17) is 0 Å². The second kappa shape index (κ2) is 2.81. The fraction of sp³-hybridized carbons (Fsp3) is 0.875. The van der Waals surface area contributed by atoms with Gasteiger partial charge in [-0.25, -0.2) is 5.43 Å². The largest absolute Gasteiger partial charge is 0.291 e. The number of rotatable bonds is 1. The molecule has 2 rings (SSSR count). The normalized spacial score (nSPS) is 32.7. The van der Waals surface area contributed by atoms with Crippen LogP contribution in [0.3, 0.4) is 0 Å². The lowest BCUT2D eigenvalue weighted by atomic mass is 9.97. The molecular weight excluding hydrogens is 140 g/mol. The van der Waals surface area contributed by atoms with E-state index in [2.05, 4.69) is 10.9 Å². The number of carbonyl (C=O) groups excluding carboxylic acids is 1. The van der Waals surface area contributed by atoms with Gasteiger partial charge in [0.1, 0.15) is 0 Å². The van der Waals surface area contributed by atoms with Gasteiger partial charge in [-0.2, -0.15) is 0 Å². The molecule has 0 aromatic carbocycles. The molecule has 1 saturated heterocycles. The van der Waals surface area contributed by atoms with Crippen LogP contribution in [0.5, 0.6) is 0 Å². The molecule has 0 radical (unpaired) electrons. The van der Waals surface area contributed by atoms with Gasteiger partial charge in [0.2, 0.25) is 5.91 Å². The van der Waals surface area contributed by atoms with E-state index in [9.17, 15) is 4.79 Å². The van der Waals surface area contributed by atoms with Gasteiger partial charge in [-0.15, -0.1) is 0 Å². The number of carbonyl (C=O) groups is 1. The molecule has 1 saturated carbocycles. The summed E-state index contributed by atoms with van der Waals surface area (Å²) in [4.78, 5) is 10.8. The minimum absolute atomic E-state index is 0.155. The lowest BCUT2D eigenvalue weighted by Gasteiger charge is -2.15. The van der Waals surface area contributed by atoms with Crippen LogP contribution in [0, 0.1) is 5.92 Å². The standard InChI is InChI=1S/C8H14N2O/c11-8-5-7(9-10-8)6-3-1-2-4-6/h6-7,9H,1-5H2,(H,10,11)/t7-/m1/s1. The molecule has 1 heterocycles. The van der Waals surface area contributed by atoms with Gasteiger partial charge in [-0.05, 0) is 18.8 Å². The summed E-state index contributed by atoms with van der Waals surface area (Å²) in [6.07, 6.45) is 5.97. The second-order valence-electron chi connectivity index (χ2n) is 3.55. The minimum atomic E-state index is 0.155. The number of hydrogen-bond donors (Lipinski definition) is 2. The first-order valence-corrected chi connectivity index (χ1v) is 4.40. The fourth-order valence-electron chi connectivity index (χ4n) is 2.12. The first-order chi connectivity index (χ1) is 5.36. The van der Waals surface area contributed by atoms with Gasteiger partial charge in [0.25, 0.3) is 0 Å². The molecule has 0 bridgehead atoms. The first-order valence-electron chi connectivity index (χ1n) is 4.40. The molecule has 3 heteroatoms. The third-order valence-electron chi connectivity index (χ3n) is 2.77. The van der Waals surface area contributed by atoms with Gasteiger partial charge >= 0.3 is 0 Å². The van der Waals surface area contributed by atoms with Crippen molar-refractivity contribution in [2.75, 3.05) is 0 Å². The first kappa shape index (κ1) is 7.10. The average molecular weight is 154 g/mol. The lowest BCUT2D eigenvalue weighted by Crippen LogP contribution is -2.35. The molecular formula is C8H14N2O. The highest BCUT2D eigenvalue weighted by molar-refractivity contribution is 5.78. The summed E-state index contributed by atoms with van der Waals surface area (Å²) in [6.45, 7) is 0. The zero-order valence-corrected chi connectivity index (χ0v) is 6.60. The maximum absolute atomic E-state index is 10.8. The molecule has 11 heavy (non-hydrogen) atoms. The quantitative estimate of drug-likeness (QED) is 0.579. The summed E-state index contributed by atoms with van der Waals surface area (Å²) < 4.78 is 0. The van der Waals surface area contributed by atoms with Crippen molar-refractivity contribution in [2.24, 2.45) is 5.92 Å². The molecule has 0 unspecified atom stereocenters. The van der Waals surface area contributed by atoms with Gasteiger partial charge in [-0.1, -0.05) is 12.8 Å². The zero-order valence-electron chi connectivity index (χ0n) is 6.60. The Morgan fingerprint density at radius 2 is 2.00 bits per heavy atom. The van der Waals surface area contributed by atoms with E-state index in [-0.39, 0.29) is 5.91 Å². The Balaban J connectivity index is 1.90. The third-order valence-corrected chi connectivity index (χ3v) is 2.77. The highest BCUT2D eigenvalue weighted by Crippen LogP contribution is 2.29. The molecule has 3 nitrogen and oxygen atoms in total. The van der Waals surface area contributed by atoms with Crippen LogP contribution >= 0.6 is 0 Å². The number of hydrogen-bond acceptors (Lipinski definition) is 2. The van der Waals surface area contributed by atoms with Gasteiger partial charge < -0.3 is 0 Å². The Hall–Kier alpha value is -0.570. The van der Waals surface area contributed by atoms with Crippen molar-refractivity contribution in [2.45, 2.75) is 38.1 Å². The van der Waals surface area contributed by atoms with E-state index in [0.717, 1.165) is 5.92 Å². The number of nitrogens with one attached hydrogen (secondary N) is 2. The summed E-state index contributed by atoms with van der Waals surface area (Å²) in [5.41, 5.74) is 5.71. The van der Waals surface area contributed by atoms with E-state index in [1.807, 2.05) is 0 Å². The molecule has 1 amide bonds. The molecule has 1 aliphatic carbocycles. The fourth-order valence-corrected chi connectivity index (χ4v) is 2.12. The Kier molecular flexibility index (Phi) is 1.82. The summed E-state index contributed by atoms with van der Waals surface area (Å²) in [7, 11) is 0. The molecule has 62 valence electrons. The van der Waals surface area contributed by atoms with Gasteiger partial charge in [0.05, 0.1) is 0 Å². The van der Waals surface area contributed by atoms with Crippen molar-refractivity contribution in [1.29, 1.82) is 0 Å². The topological polar surface area (TPSA) is 41.1 Å². The van der Waals surface area contributed by atoms with Crippen molar-refractivity contribution in [3.63, 3.8) is 0 Å². The van der Waals surface area contributed by atoms with Crippen molar-refractivity contribution in [3.05, 3.63) is 0 Å². The molecule has 1 aliphatic heterocycles. The Morgan fingerprint density at radius 3 is 2.55 bits per heavy atom. The van der Waals surface area contributed by atoms with Crippen LogP contribution < -0.4 is 10.9 Å². The van der Waals surface area contributed by atoms with Crippen molar-refractivity contribution < 1.29 is 4.79 Å². The van der Waals surface area contributed by atoms with Gasteiger partial charge in [0, 0.05) is 12.5 Å². The highest BCUT2D eigenvalue weighted by atomic mass is 16.2. The lowest BCUT2D eigenvalue weighted by molar-refractivity contribution is -0.119. The average Bonchev–Trinajstić information content (AvgIpc) is 2.55. The molecule has 1 atom stereocenters. The Labute approximate surface area is 66.5 Å². The maximum atomic E-state index is 10.8. The molecule has 0 aromatic rings. The van der Waals surface area contributed by atoms with Crippen LogP contribution in [0.25, 0.3) is 0 Å². The Bertz CT molecular complexity index is 163. The smallest absolute Gasteiger partial charge is 0.235 e. The molecule has 2 aliphatic rings. The van der Waals surface area contributed by atoms with E-state index < -0.39 is 0 Å². The SMILES string of the molecule is O=C1C[C@H](C2CCCC2)NN1. The minimum Gasteiger partial charge on any atom is -0.291 e. The predicted molar refractivity (Wildman–Crippen MR) is 41.6 cm³/mol. The summed E-state index contributed by atoms with van der Waals surface area (Å²) in [5.74, 6) is 0.899. The summed E-state index contributed by atoms with van der Waals surface area (Å²) >= 11 is 0. The monoisotopic (exact) mass is 154 g/mol. The van der Waals surface area contributed by atoms with E-state index >= 15 is 0 Å². The van der Waals surface area contributed by atoms with E-state index in [1.54, 1.807) is 0 Å². The van der Waals surface area contributed by atoms with Crippen LogP contribution in [-0.4, -0.2) is 11.9 Å². The van der Waals surface area contributed by atoms with E-state index in [0.29, 0.717) is 12.5 Å². The maximum Gasteiger partial charge on any atom is 0.235 e. The number of amides is 1. The Morgan fingerprint density at radius 1 is 1.27 bits per heavy atom. The van der Waals surface area contributed by atoms with Gasteiger partial charge in [0.15, 0.2) is 0 Å². The molecule has 0 spiro atoms. The van der Waals surface area contributed by atoms with E-state index in [1.165, 1.54) is 25.7 Å². The van der Waals surface area contributed by atoms with Gasteiger partial charge in [-0.3, -0.25) is 10.2 Å². The summed E-state index contributed by atoms with van der Waals surface area (Å²) in [5, 5.41) is 0. The molecule has 2 fully saturated rings. The van der Waals surface area contributed by atoms with Crippen molar-refractivity contribution in [3.8, 4) is 0 Å². The third kappa shape index (κ3) is 1.38. The van der Waals surface area contributed by atoms with Crippen molar-refractivity contribution >= 4 is 5.91 Å². The number of hydrazine groups is 1.